The molecule has 0 atom stereocenters. The Morgan fingerprint density at radius 3 is 2.44 bits per heavy atom. The van der Waals surface area contributed by atoms with Crippen LogP contribution in [0.2, 0.25) is 0 Å². The number of nitrogens with two attached hydrogens (primary N) is 1. The first-order valence-electron chi connectivity index (χ1n) is 2.27. The van der Waals surface area contributed by atoms with Crippen molar-refractivity contribution in [2.24, 2.45) is 5.73 Å². The number of carbonyl (C=O) groups excluding carboxylic acids is 1. The fourth-order valence-electron chi connectivity index (χ4n) is 0.246. The van der Waals surface area contributed by atoms with Crippen molar-refractivity contribution in [3.05, 3.63) is 13.5 Å². The van der Waals surface area contributed by atoms with E-state index in [1.807, 2.05) is 0 Å². The summed E-state index contributed by atoms with van der Waals surface area (Å²) in [5.41, 5.74) is 4.79. The largest absolute Gasteiger partial charge is 2.00 e. The number of primary amides is 1. The molecule has 0 aromatic heterocycles. The molecule has 4 heteroatoms. The van der Waals surface area contributed by atoms with Crippen molar-refractivity contribution in [1.82, 2.24) is 4.90 Å². The van der Waals surface area contributed by atoms with E-state index in [2.05, 4.69) is 7.05 Å². The van der Waals surface area contributed by atoms with E-state index in [9.17, 15) is 4.79 Å². The molecule has 0 aliphatic rings. The van der Waals surface area contributed by atoms with Gasteiger partial charge in [0.25, 0.3) is 0 Å². The van der Waals surface area contributed by atoms with E-state index in [-0.39, 0.29) is 21.1 Å². The first kappa shape index (κ1) is 11.7. The van der Waals surface area contributed by atoms with Gasteiger partial charge in [-0.3, -0.25) is 13.5 Å². The predicted molar refractivity (Wildman–Crippen MR) is 31.5 cm³/mol. The van der Waals surface area contributed by atoms with Gasteiger partial charge in [-0.25, -0.2) is 0 Å². The number of rotatable bonds is 3. The van der Waals surface area contributed by atoms with Crippen LogP contribution in [-0.2, 0) is 25.9 Å². The fraction of sp³-hybridized carbons (Fsp3) is 0.400. The Balaban J connectivity index is 0. The summed E-state index contributed by atoms with van der Waals surface area (Å²) in [6, 6.07) is 0. The van der Waals surface area contributed by atoms with E-state index in [0.717, 1.165) is 0 Å². The van der Waals surface area contributed by atoms with Gasteiger partial charge in [-0.05, 0) is 7.05 Å². The molecule has 0 spiro atoms. The number of hydrogen-bond acceptors (Lipinski definition) is 2. The summed E-state index contributed by atoms with van der Waals surface area (Å²) >= 11 is 0. The molecule has 0 radical (unpaired) electrons. The molecule has 0 aliphatic carbocycles. The predicted octanol–water partition coefficient (Wildman–Crippen LogP) is -0.603. The number of hydrogen-bond donors (Lipinski definition) is 1. The van der Waals surface area contributed by atoms with Gasteiger partial charge < -0.3 is 15.4 Å². The molecule has 3 nitrogen and oxygen atoms in total. The smallest absolute Gasteiger partial charge is 0.484 e. The Hall–Kier alpha value is -0.0117. The van der Waals surface area contributed by atoms with E-state index in [0.29, 0.717) is 6.54 Å². The molecule has 0 fully saturated rings. The summed E-state index contributed by atoms with van der Waals surface area (Å²) in [7, 11) is 5.27. The number of nitrogens with zero attached hydrogens (tertiary/aromatic N) is 1. The van der Waals surface area contributed by atoms with E-state index in [4.69, 9.17) is 5.73 Å². The fourth-order valence-corrected chi connectivity index (χ4v) is 0.246. The second-order valence-corrected chi connectivity index (χ2v) is 1.65. The Kier molecular flexibility index (Phi) is 7.98. The van der Waals surface area contributed by atoms with Crippen LogP contribution in [0, 0.1) is 13.5 Å². The molecule has 0 rings (SSSR count). The van der Waals surface area contributed by atoms with Gasteiger partial charge in [0, 0.05) is 0 Å². The average Bonchev–Trinajstić information content (AvgIpc) is 1.61. The standard InChI is InChI=1S/C5H10N2O.W/c1-7(2)4-3-5(6)8;/h3H,1,4H2,2H3,(H2,6,8);/q-2;+2. The Morgan fingerprint density at radius 2 is 2.33 bits per heavy atom. The molecule has 0 bridgehead atoms. The zero-order chi connectivity index (χ0) is 6.57. The maximum atomic E-state index is 10.0. The van der Waals surface area contributed by atoms with Crippen LogP contribution in [0.25, 0.3) is 0 Å². The first-order valence-corrected chi connectivity index (χ1v) is 2.27. The van der Waals surface area contributed by atoms with Crippen LogP contribution in [0.3, 0.4) is 0 Å². The van der Waals surface area contributed by atoms with Crippen LogP contribution in [0.1, 0.15) is 0 Å². The molecule has 52 valence electrons. The van der Waals surface area contributed by atoms with Crippen molar-refractivity contribution < 1.29 is 25.9 Å². The third-order valence-electron chi connectivity index (χ3n) is 0.604. The quantitative estimate of drug-likeness (QED) is 0.707. The van der Waals surface area contributed by atoms with Gasteiger partial charge in [0.15, 0.2) is 0 Å². The van der Waals surface area contributed by atoms with Crippen LogP contribution in [0.4, 0.5) is 0 Å². The van der Waals surface area contributed by atoms with E-state index in [1.54, 1.807) is 11.9 Å². The maximum absolute atomic E-state index is 10.0. The third kappa shape index (κ3) is 11.5. The van der Waals surface area contributed by atoms with E-state index < -0.39 is 5.91 Å². The second-order valence-electron chi connectivity index (χ2n) is 1.65. The van der Waals surface area contributed by atoms with Crippen LogP contribution in [-0.4, -0.2) is 24.4 Å². The summed E-state index contributed by atoms with van der Waals surface area (Å²) in [6.07, 6.45) is 1.37. The number of carbonyl (C=O) groups is 1. The summed E-state index contributed by atoms with van der Waals surface area (Å²) in [4.78, 5) is 11.6. The summed E-state index contributed by atoms with van der Waals surface area (Å²) in [6.45, 7) is 0.509. The van der Waals surface area contributed by atoms with Crippen molar-refractivity contribution >= 4 is 5.91 Å². The van der Waals surface area contributed by atoms with Gasteiger partial charge in [0.05, 0.1) is 5.91 Å². The van der Waals surface area contributed by atoms with Crippen molar-refractivity contribution in [2.45, 2.75) is 0 Å². The van der Waals surface area contributed by atoms with Gasteiger partial charge in [-0.1, -0.05) is 0 Å². The molecule has 0 unspecified atom stereocenters. The molecule has 0 saturated heterocycles. The van der Waals surface area contributed by atoms with E-state index >= 15 is 0 Å². The van der Waals surface area contributed by atoms with Crippen LogP contribution in [0.5, 0.6) is 0 Å². The molecule has 0 heterocycles. The summed E-state index contributed by atoms with van der Waals surface area (Å²) in [5, 5.41) is 0. The van der Waals surface area contributed by atoms with E-state index in [1.165, 1.54) is 6.42 Å². The Morgan fingerprint density at radius 1 is 1.89 bits per heavy atom. The minimum atomic E-state index is -0.402. The SMILES string of the molecule is [CH2-]N(C)C[CH-]C(N)=O.[W+2]. The zero-order valence-corrected chi connectivity index (χ0v) is 8.27. The Labute approximate surface area is 69.8 Å². The molecule has 9 heavy (non-hydrogen) atoms. The Bertz CT molecular complexity index is 85.0. The van der Waals surface area contributed by atoms with Crippen LogP contribution >= 0.6 is 0 Å². The molecule has 0 aromatic carbocycles. The molecule has 0 saturated carbocycles. The van der Waals surface area contributed by atoms with Crippen molar-refractivity contribution in [2.75, 3.05) is 13.6 Å². The molecular weight excluding hydrogens is 288 g/mol. The first-order chi connectivity index (χ1) is 3.63. The maximum Gasteiger partial charge on any atom is 2.00 e. The van der Waals surface area contributed by atoms with Gasteiger partial charge in [-0.15, -0.1) is 6.54 Å². The molecule has 0 aliphatic heterocycles. The van der Waals surface area contributed by atoms with Gasteiger partial charge in [0.2, 0.25) is 0 Å². The molecule has 2 N–H and O–H groups in total. The zero-order valence-electron chi connectivity index (χ0n) is 5.33. The van der Waals surface area contributed by atoms with Crippen molar-refractivity contribution in [1.29, 1.82) is 0 Å². The normalized spacial score (nSPS) is 8.33. The minimum Gasteiger partial charge on any atom is -0.484 e. The van der Waals surface area contributed by atoms with Gasteiger partial charge in [0.1, 0.15) is 0 Å². The molecule has 1 amide bonds. The van der Waals surface area contributed by atoms with Crippen molar-refractivity contribution in [3.8, 4) is 0 Å². The van der Waals surface area contributed by atoms with Crippen LogP contribution in [0.15, 0.2) is 0 Å². The summed E-state index contributed by atoms with van der Waals surface area (Å²) in [5.74, 6) is -0.402. The van der Waals surface area contributed by atoms with Gasteiger partial charge in [-0.2, -0.15) is 0 Å². The monoisotopic (exact) mass is 298 g/mol. The minimum absolute atomic E-state index is 0. The molecular formula is C5H10N2OW. The van der Waals surface area contributed by atoms with Gasteiger partial charge >= 0.3 is 21.1 Å². The molecule has 0 aromatic rings. The summed E-state index contributed by atoms with van der Waals surface area (Å²) < 4.78 is 0. The number of amides is 1. The topological polar surface area (TPSA) is 46.3 Å². The second kappa shape index (κ2) is 6.11. The average molecular weight is 298 g/mol. The van der Waals surface area contributed by atoms with Crippen LogP contribution < -0.4 is 5.73 Å². The van der Waals surface area contributed by atoms with Crippen molar-refractivity contribution in [3.63, 3.8) is 0 Å². The third-order valence-corrected chi connectivity index (χ3v) is 0.604.